The summed E-state index contributed by atoms with van der Waals surface area (Å²) in [7, 11) is 0. The minimum Gasteiger partial charge on any atom is -0.370 e. The zero-order valence-corrected chi connectivity index (χ0v) is 10.3. The lowest BCUT2D eigenvalue weighted by Gasteiger charge is -2.07. The molecule has 0 aliphatic heterocycles. The first-order valence-corrected chi connectivity index (χ1v) is 5.98. The number of nitrogens with one attached hydrogen (secondary N) is 1. The molecule has 90 valence electrons. The Morgan fingerprint density at radius 1 is 1.29 bits per heavy atom. The molecule has 0 fully saturated rings. The molecule has 0 spiro atoms. The van der Waals surface area contributed by atoms with E-state index in [2.05, 4.69) is 22.3 Å². The Kier molecular flexibility index (Phi) is 3.75. The average molecular weight is 230 g/mol. The lowest BCUT2D eigenvalue weighted by atomic mass is 10.3. The molecule has 0 saturated carbocycles. The van der Waals surface area contributed by atoms with E-state index >= 15 is 0 Å². The van der Waals surface area contributed by atoms with E-state index in [-0.39, 0.29) is 0 Å². The maximum atomic E-state index is 4.55. The van der Waals surface area contributed by atoms with Crippen molar-refractivity contribution >= 4 is 5.82 Å². The number of hydrogen-bond donors (Lipinski definition) is 1. The van der Waals surface area contributed by atoms with Crippen LogP contribution in [0.3, 0.4) is 0 Å². The zero-order valence-electron chi connectivity index (χ0n) is 10.3. The van der Waals surface area contributed by atoms with Crippen molar-refractivity contribution in [2.75, 3.05) is 11.9 Å². The van der Waals surface area contributed by atoms with Gasteiger partial charge in [-0.15, -0.1) is 0 Å². The van der Waals surface area contributed by atoms with Crippen molar-refractivity contribution < 1.29 is 0 Å². The lowest BCUT2D eigenvalue weighted by molar-refractivity contribution is 0.653. The second-order valence-corrected chi connectivity index (χ2v) is 4.07. The van der Waals surface area contributed by atoms with Gasteiger partial charge in [-0.25, -0.2) is 4.98 Å². The van der Waals surface area contributed by atoms with E-state index in [9.17, 15) is 0 Å². The summed E-state index contributed by atoms with van der Waals surface area (Å²) >= 11 is 0. The van der Waals surface area contributed by atoms with Gasteiger partial charge in [0.2, 0.25) is 0 Å². The summed E-state index contributed by atoms with van der Waals surface area (Å²) in [4.78, 5) is 4.55. The summed E-state index contributed by atoms with van der Waals surface area (Å²) in [6, 6.07) is 8.05. The molecule has 2 heterocycles. The van der Waals surface area contributed by atoms with Gasteiger partial charge in [-0.2, -0.15) is 5.10 Å². The Bertz CT molecular complexity index is 476. The minimum absolute atomic E-state index is 0.723. The second kappa shape index (κ2) is 5.48. The Morgan fingerprint density at radius 3 is 2.88 bits per heavy atom. The molecule has 0 aromatic carbocycles. The van der Waals surface area contributed by atoms with E-state index in [1.807, 2.05) is 42.1 Å². The fraction of sp³-hybridized carbons (Fsp3) is 0.385. The van der Waals surface area contributed by atoms with Gasteiger partial charge in [0.15, 0.2) is 0 Å². The summed E-state index contributed by atoms with van der Waals surface area (Å²) in [6.45, 7) is 5.87. The molecule has 4 nitrogen and oxygen atoms in total. The topological polar surface area (TPSA) is 42.7 Å². The molecule has 0 bridgehead atoms. The molecule has 0 radical (unpaired) electrons. The van der Waals surface area contributed by atoms with Gasteiger partial charge in [-0.05, 0) is 31.5 Å². The number of nitrogens with zero attached hydrogens (tertiary/aromatic N) is 3. The first-order valence-electron chi connectivity index (χ1n) is 5.98. The fourth-order valence-electron chi connectivity index (χ4n) is 1.64. The van der Waals surface area contributed by atoms with Gasteiger partial charge in [-0.3, -0.25) is 4.68 Å². The molecule has 0 aliphatic rings. The molecule has 0 atom stereocenters. The van der Waals surface area contributed by atoms with Crippen LogP contribution in [0.5, 0.6) is 0 Å². The monoisotopic (exact) mass is 230 g/mol. The normalized spacial score (nSPS) is 10.5. The Morgan fingerprint density at radius 2 is 2.18 bits per heavy atom. The fourth-order valence-corrected chi connectivity index (χ4v) is 1.64. The molecular formula is C13H18N4. The third kappa shape index (κ3) is 3.06. The van der Waals surface area contributed by atoms with Crippen molar-refractivity contribution in [2.45, 2.75) is 26.8 Å². The van der Waals surface area contributed by atoms with Crippen LogP contribution in [-0.4, -0.2) is 21.3 Å². The summed E-state index contributed by atoms with van der Waals surface area (Å²) in [6.07, 6.45) is 2.92. The Balaban J connectivity index is 2.08. The van der Waals surface area contributed by atoms with Crippen molar-refractivity contribution in [3.63, 3.8) is 0 Å². The van der Waals surface area contributed by atoms with Crippen molar-refractivity contribution in [2.24, 2.45) is 0 Å². The van der Waals surface area contributed by atoms with Gasteiger partial charge in [0, 0.05) is 18.4 Å². The number of rotatable bonds is 5. The highest BCUT2D eigenvalue weighted by Gasteiger charge is 2.01. The standard InChI is InChI=1S/C13H18N4/c1-3-8-14-13-6-4-5-12(16-13)10-17-11(2)7-9-15-17/h4-7,9H,3,8,10H2,1-2H3,(H,14,16). The van der Waals surface area contributed by atoms with Gasteiger partial charge in [0.1, 0.15) is 5.82 Å². The van der Waals surface area contributed by atoms with Gasteiger partial charge >= 0.3 is 0 Å². The van der Waals surface area contributed by atoms with Crippen LogP contribution in [0.25, 0.3) is 0 Å². The van der Waals surface area contributed by atoms with Gasteiger partial charge in [-0.1, -0.05) is 13.0 Å². The molecule has 0 unspecified atom stereocenters. The quantitative estimate of drug-likeness (QED) is 0.858. The average Bonchev–Trinajstić information content (AvgIpc) is 2.73. The zero-order chi connectivity index (χ0) is 12.1. The SMILES string of the molecule is CCCNc1cccc(Cn2nccc2C)n1. The third-order valence-electron chi connectivity index (χ3n) is 2.60. The van der Waals surface area contributed by atoms with Gasteiger partial charge in [0.25, 0.3) is 0 Å². The Labute approximate surface area is 102 Å². The van der Waals surface area contributed by atoms with Crippen LogP contribution >= 0.6 is 0 Å². The van der Waals surface area contributed by atoms with E-state index in [1.165, 1.54) is 0 Å². The van der Waals surface area contributed by atoms with Crippen LogP contribution in [0, 0.1) is 6.92 Å². The molecule has 0 amide bonds. The van der Waals surface area contributed by atoms with Crippen molar-refractivity contribution in [3.05, 3.63) is 41.9 Å². The highest BCUT2D eigenvalue weighted by atomic mass is 15.3. The number of aryl methyl sites for hydroxylation is 1. The number of aromatic nitrogens is 3. The van der Waals surface area contributed by atoms with E-state index in [0.29, 0.717) is 0 Å². The molecule has 0 aliphatic carbocycles. The van der Waals surface area contributed by atoms with E-state index in [4.69, 9.17) is 0 Å². The minimum atomic E-state index is 0.723. The van der Waals surface area contributed by atoms with Gasteiger partial charge < -0.3 is 5.32 Å². The largest absolute Gasteiger partial charge is 0.370 e. The lowest BCUT2D eigenvalue weighted by Crippen LogP contribution is -2.07. The maximum absolute atomic E-state index is 4.55. The molecule has 2 aromatic heterocycles. The molecule has 0 saturated heterocycles. The molecule has 2 aromatic rings. The smallest absolute Gasteiger partial charge is 0.126 e. The van der Waals surface area contributed by atoms with E-state index in [0.717, 1.165) is 36.7 Å². The summed E-state index contributed by atoms with van der Waals surface area (Å²) in [5.41, 5.74) is 2.18. The molecule has 2 rings (SSSR count). The second-order valence-electron chi connectivity index (χ2n) is 4.07. The first kappa shape index (κ1) is 11.6. The highest BCUT2D eigenvalue weighted by Crippen LogP contribution is 2.07. The summed E-state index contributed by atoms with van der Waals surface area (Å²) < 4.78 is 1.95. The summed E-state index contributed by atoms with van der Waals surface area (Å²) in [5.74, 6) is 0.939. The highest BCUT2D eigenvalue weighted by molar-refractivity contribution is 5.35. The first-order chi connectivity index (χ1) is 8.29. The molecule has 4 heteroatoms. The predicted molar refractivity (Wildman–Crippen MR) is 69.1 cm³/mol. The molecule has 1 N–H and O–H groups in total. The van der Waals surface area contributed by atoms with Crippen molar-refractivity contribution in [1.82, 2.24) is 14.8 Å². The van der Waals surface area contributed by atoms with Crippen LogP contribution in [0.2, 0.25) is 0 Å². The van der Waals surface area contributed by atoms with Crippen LogP contribution in [0.15, 0.2) is 30.5 Å². The van der Waals surface area contributed by atoms with Crippen molar-refractivity contribution in [1.29, 1.82) is 0 Å². The van der Waals surface area contributed by atoms with Crippen LogP contribution in [0.1, 0.15) is 24.7 Å². The molecule has 17 heavy (non-hydrogen) atoms. The maximum Gasteiger partial charge on any atom is 0.126 e. The van der Waals surface area contributed by atoms with Crippen molar-refractivity contribution in [3.8, 4) is 0 Å². The summed E-state index contributed by atoms with van der Waals surface area (Å²) in [5, 5.41) is 7.55. The van der Waals surface area contributed by atoms with Crippen LogP contribution in [-0.2, 0) is 6.54 Å². The number of hydrogen-bond acceptors (Lipinski definition) is 3. The van der Waals surface area contributed by atoms with E-state index < -0.39 is 0 Å². The Hall–Kier alpha value is -1.84. The van der Waals surface area contributed by atoms with E-state index in [1.54, 1.807) is 0 Å². The number of pyridine rings is 1. The van der Waals surface area contributed by atoms with Gasteiger partial charge in [0.05, 0.1) is 12.2 Å². The predicted octanol–water partition coefficient (Wildman–Crippen LogP) is 2.46. The van der Waals surface area contributed by atoms with Crippen LogP contribution in [0.4, 0.5) is 5.82 Å². The third-order valence-corrected chi connectivity index (χ3v) is 2.60. The number of anilines is 1. The van der Waals surface area contributed by atoms with Crippen LogP contribution < -0.4 is 5.32 Å². The molecular weight excluding hydrogens is 212 g/mol.